The molecule has 1 aromatic heterocycles. The van der Waals surface area contributed by atoms with E-state index in [4.69, 9.17) is 11.6 Å². The number of thiazole rings is 1. The Morgan fingerprint density at radius 3 is 2.47 bits per heavy atom. The zero-order valence-corrected chi connectivity index (χ0v) is 15.2. The van der Waals surface area contributed by atoms with Gasteiger partial charge >= 0.3 is 0 Å². The molecule has 1 nitrogen and oxygen atoms in total. The lowest BCUT2D eigenvalue weighted by molar-refractivity contribution is 0.544. The average Bonchev–Trinajstić information content (AvgIpc) is 2.82. The molecule has 0 bridgehead atoms. The van der Waals surface area contributed by atoms with Crippen molar-refractivity contribution < 1.29 is 0 Å². The third-order valence-electron chi connectivity index (χ3n) is 3.14. The van der Waals surface area contributed by atoms with Crippen molar-refractivity contribution in [1.29, 1.82) is 0 Å². The number of halogens is 3. The van der Waals surface area contributed by atoms with Crippen molar-refractivity contribution in [2.45, 2.75) is 18.8 Å². The molecular formula is C14H14Br2ClNS. The first-order valence-electron chi connectivity index (χ1n) is 5.89. The maximum absolute atomic E-state index is 6.38. The van der Waals surface area contributed by atoms with E-state index in [0.717, 1.165) is 38.4 Å². The van der Waals surface area contributed by atoms with Crippen LogP contribution in [0.5, 0.6) is 0 Å². The smallest absolute Gasteiger partial charge is 0.0897 e. The van der Waals surface area contributed by atoms with Crippen molar-refractivity contribution in [3.63, 3.8) is 0 Å². The molecule has 2 aromatic rings. The Hall–Kier alpha value is 0.1000. The van der Waals surface area contributed by atoms with Gasteiger partial charge in [0.05, 0.1) is 10.7 Å². The summed E-state index contributed by atoms with van der Waals surface area (Å²) in [4.78, 5) is 4.58. The van der Waals surface area contributed by atoms with Gasteiger partial charge in [0.15, 0.2) is 0 Å². The van der Waals surface area contributed by atoms with Crippen LogP contribution in [0, 0.1) is 6.92 Å². The van der Waals surface area contributed by atoms with E-state index in [2.05, 4.69) is 48.3 Å². The molecule has 0 spiro atoms. The topological polar surface area (TPSA) is 12.9 Å². The highest BCUT2D eigenvalue weighted by molar-refractivity contribution is 9.09. The van der Waals surface area contributed by atoms with E-state index in [1.54, 1.807) is 11.3 Å². The van der Waals surface area contributed by atoms with Gasteiger partial charge in [0, 0.05) is 32.9 Å². The second-order valence-electron chi connectivity index (χ2n) is 4.56. The first-order chi connectivity index (χ1) is 9.11. The van der Waals surface area contributed by atoms with Crippen LogP contribution in [-0.2, 0) is 11.8 Å². The number of hydrogen-bond donors (Lipinski definition) is 0. The summed E-state index contributed by atoms with van der Waals surface area (Å²) in [6.45, 7) is 2.04. The summed E-state index contributed by atoms with van der Waals surface area (Å²) in [5.74, 6) is 0. The largest absolute Gasteiger partial charge is 0.247 e. The Morgan fingerprint density at radius 1 is 1.26 bits per heavy atom. The van der Waals surface area contributed by atoms with Gasteiger partial charge in [-0.05, 0) is 18.6 Å². The second kappa shape index (κ2) is 6.70. The molecule has 19 heavy (non-hydrogen) atoms. The number of rotatable bonds is 5. The molecule has 102 valence electrons. The van der Waals surface area contributed by atoms with Gasteiger partial charge in [-0.25, -0.2) is 4.98 Å². The molecule has 0 saturated heterocycles. The fraction of sp³-hybridized carbons (Fsp3) is 0.357. The Bertz CT molecular complexity index is 552. The van der Waals surface area contributed by atoms with Crippen molar-refractivity contribution in [2.24, 2.45) is 0 Å². The van der Waals surface area contributed by atoms with E-state index in [1.807, 2.05) is 25.1 Å². The quantitative estimate of drug-likeness (QED) is 0.589. The van der Waals surface area contributed by atoms with Crippen LogP contribution in [0.4, 0.5) is 0 Å². The summed E-state index contributed by atoms with van der Waals surface area (Å²) in [6.07, 6.45) is 0.873. The summed E-state index contributed by atoms with van der Waals surface area (Å²) in [7, 11) is 0. The third kappa shape index (κ3) is 3.41. The van der Waals surface area contributed by atoms with Gasteiger partial charge in [-0.15, -0.1) is 11.3 Å². The Labute approximate surface area is 139 Å². The van der Waals surface area contributed by atoms with Crippen LogP contribution in [-0.4, -0.2) is 15.6 Å². The molecule has 5 heteroatoms. The van der Waals surface area contributed by atoms with E-state index in [-0.39, 0.29) is 5.41 Å². The zero-order valence-electron chi connectivity index (χ0n) is 10.5. The Kier molecular flexibility index (Phi) is 5.46. The summed E-state index contributed by atoms with van der Waals surface area (Å²) in [5.41, 5.74) is 2.22. The van der Waals surface area contributed by atoms with Gasteiger partial charge in [0.25, 0.3) is 0 Å². The lowest BCUT2D eigenvalue weighted by Crippen LogP contribution is -2.33. The number of hydrogen-bond acceptors (Lipinski definition) is 2. The molecule has 0 atom stereocenters. The van der Waals surface area contributed by atoms with Crippen molar-refractivity contribution >= 4 is 54.8 Å². The Morgan fingerprint density at radius 2 is 1.95 bits per heavy atom. The fourth-order valence-corrected chi connectivity index (χ4v) is 4.97. The van der Waals surface area contributed by atoms with E-state index in [9.17, 15) is 0 Å². The van der Waals surface area contributed by atoms with Gasteiger partial charge < -0.3 is 0 Å². The molecule has 0 N–H and O–H groups in total. The van der Waals surface area contributed by atoms with Crippen molar-refractivity contribution in [2.75, 3.05) is 10.7 Å². The van der Waals surface area contributed by atoms with Crippen molar-refractivity contribution in [3.8, 4) is 0 Å². The minimum atomic E-state index is -0.0706. The minimum Gasteiger partial charge on any atom is -0.247 e. The molecule has 1 heterocycles. The predicted octanol–water partition coefficient (Wildman–Crippen LogP) is 5.38. The molecule has 0 unspecified atom stereocenters. The molecule has 1 aromatic carbocycles. The van der Waals surface area contributed by atoms with Crippen LogP contribution >= 0.6 is 54.8 Å². The third-order valence-corrected chi connectivity index (χ3v) is 6.44. The number of nitrogens with zero attached hydrogens (tertiary/aromatic N) is 1. The average molecular weight is 424 g/mol. The summed E-state index contributed by atoms with van der Waals surface area (Å²) < 4.78 is 0. The first-order valence-corrected chi connectivity index (χ1v) is 9.39. The van der Waals surface area contributed by atoms with Crippen LogP contribution in [0.2, 0.25) is 5.02 Å². The number of alkyl halides is 2. The normalized spacial score (nSPS) is 11.8. The second-order valence-corrected chi connectivity index (χ2v) is 7.15. The molecule has 0 radical (unpaired) electrons. The van der Waals surface area contributed by atoms with Crippen molar-refractivity contribution in [1.82, 2.24) is 4.98 Å². The van der Waals surface area contributed by atoms with Gasteiger partial charge in [-0.2, -0.15) is 0 Å². The maximum Gasteiger partial charge on any atom is 0.0897 e. The molecule has 2 rings (SSSR count). The predicted molar refractivity (Wildman–Crippen MR) is 91.3 cm³/mol. The SMILES string of the molecule is Cc1nc(CC(CBr)(CBr)c2ccccc2Cl)cs1. The van der Waals surface area contributed by atoms with Crippen molar-refractivity contribution in [3.05, 3.63) is 50.9 Å². The zero-order chi connectivity index (χ0) is 13.9. The van der Waals surface area contributed by atoms with E-state index in [1.165, 1.54) is 0 Å². The van der Waals surface area contributed by atoms with Crippen LogP contribution in [0.3, 0.4) is 0 Å². The minimum absolute atomic E-state index is 0.0706. The maximum atomic E-state index is 6.38. The van der Waals surface area contributed by atoms with Gasteiger partial charge in [-0.3, -0.25) is 0 Å². The summed E-state index contributed by atoms with van der Waals surface area (Å²) in [6, 6.07) is 8.05. The van der Waals surface area contributed by atoms with E-state index < -0.39 is 0 Å². The number of aromatic nitrogens is 1. The highest BCUT2D eigenvalue weighted by Crippen LogP contribution is 2.36. The van der Waals surface area contributed by atoms with Gasteiger partial charge in [0.1, 0.15) is 0 Å². The molecule has 0 fully saturated rings. The molecule has 0 aliphatic heterocycles. The molecule has 0 amide bonds. The summed E-state index contributed by atoms with van der Waals surface area (Å²) in [5, 5.41) is 5.73. The standard InChI is InChI=1S/C14H14Br2ClNS/c1-10-18-11(7-19-10)6-14(8-15,9-16)12-4-2-3-5-13(12)17/h2-5,7H,6,8-9H2,1H3. The number of benzene rings is 1. The number of aryl methyl sites for hydroxylation is 1. The van der Waals surface area contributed by atoms with E-state index in [0.29, 0.717) is 0 Å². The molecular weight excluding hydrogens is 409 g/mol. The van der Waals surface area contributed by atoms with Crippen LogP contribution in [0.15, 0.2) is 29.6 Å². The monoisotopic (exact) mass is 421 g/mol. The van der Waals surface area contributed by atoms with Crippen LogP contribution in [0.25, 0.3) is 0 Å². The van der Waals surface area contributed by atoms with Gasteiger partial charge in [0.2, 0.25) is 0 Å². The van der Waals surface area contributed by atoms with Gasteiger partial charge in [-0.1, -0.05) is 61.7 Å². The van der Waals surface area contributed by atoms with Crippen LogP contribution < -0.4 is 0 Å². The molecule has 0 aliphatic rings. The first kappa shape index (κ1) is 15.5. The lowest BCUT2D eigenvalue weighted by atomic mass is 9.80. The summed E-state index contributed by atoms with van der Waals surface area (Å²) >= 11 is 15.4. The fourth-order valence-electron chi connectivity index (χ4n) is 2.10. The van der Waals surface area contributed by atoms with E-state index >= 15 is 0 Å². The highest BCUT2D eigenvalue weighted by atomic mass is 79.9. The molecule has 0 aliphatic carbocycles. The highest BCUT2D eigenvalue weighted by Gasteiger charge is 2.33. The van der Waals surface area contributed by atoms with Crippen LogP contribution in [0.1, 0.15) is 16.3 Å². The lowest BCUT2D eigenvalue weighted by Gasteiger charge is -2.31. The molecule has 0 saturated carbocycles. The Balaban J connectivity index is 2.40.